The molecule has 0 aliphatic heterocycles. The van der Waals surface area contributed by atoms with Gasteiger partial charge in [-0.05, 0) is 42.9 Å². The summed E-state index contributed by atoms with van der Waals surface area (Å²) < 4.78 is 13.4. The van der Waals surface area contributed by atoms with E-state index in [1.165, 1.54) is 57.4 Å². The Morgan fingerprint density at radius 2 is 2.00 bits per heavy atom. The van der Waals surface area contributed by atoms with Gasteiger partial charge in [-0.3, -0.25) is 0 Å². The molecule has 0 heterocycles. The summed E-state index contributed by atoms with van der Waals surface area (Å²) in [5.74, 6) is 0.359. The van der Waals surface area contributed by atoms with Crippen molar-refractivity contribution in [1.82, 2.24) is 5.32 Å². The molecule has 0 aromatic heterocycles. The van der Waals surface area contributed by atoms with Crippen LogP contribution in [0.25, 0.3) is 0 Å². The predicted molar refractivity (Wildman–Crippen MR) is 83.5 cm³/mol. The second-order valence-electron chi connectivity index (χ2n) is 6.14. The minimum atomic E-state index is -0.107. The highest BCUT2D eigenvalue weighted by atomic mass is 19.1. The van der Waals surface area contributed by atoms with Crippen LogP contribution in [0, 0.1) is 5.82 Å². The minimum absolute atomic E-state index is 0.107. The second kappa shape index (κ2) is 8.41. The Balaban J connectivity index is 1.82. The van der Waals surface area contributed by atoms with Gasteiger partial charge in [0.05, 0.1) is 0 Å². The van der Waals surface area contributed by atoms with Crippen molar-refractivity contribution in [3.05, 3.63) is 35.6 Å². The number of hydrogen-bond acceptors (Lipinski definition) is 1. The van der Waals surface area contributed by atoms with Crippen LogP contribution in [0.2, 0.25) is 0 Å². The molecule has 1 atom stereocenters. The molecule has 1 saturated carbocycles. The maximum atomic E-state index is 13.4. The second-order valence-corrected chi connectivity index (χ2v) is 6.14. The molecule has 0 radical (unpaired) electrons. The Labute approximate surface area is 123 Å². The molecular formula is C18H28FN. The fraction of sp³-hybridized carbons (Fsp3) is 0.667. The van der Waals surface area contributed by atoms with Gasteiger partial charge >= 0.3 is 0 Å². The van der Waals surface area contributed by atoms with Crippen molar-refractivity contribution in [2.24, 2.45) is 0 Å². The Hall–Kier alpha value is -0.890. The monoisotopic (exact) mass is 277 g/mol. The van der Waals surface area contributed by atoms with Crippen molar-refractivity contribution in [2.45, 2.75) is 70.3 Å². The zero-order valence-electron chi connectivity index (χ0n) is 12.7. The van der Waals surface area contributed by atoms with Crippen molar-refractivity contribution in [3.8, 4) is 0 Å². The van der Waals surface area contributed by atoms with Gasteiger partial charge in [-0.1, -0.05) is 51.2 Å². The summed E-state index contributed by atoms with van der Waals surface area (Å²) in [4.78, 5) is 0. The van der Waals surface area contributed by atoms with Gasteiger partial charge in [-0.15, -0.1) is 0 Å². The van der Waals surface area contributed by atoms with Crippen molar-refractivity contribution in [3.63, 3.8) is 0 Å². The van der Waals surface area contributed by atoms with E-state index in [-0.39, 0.29) is 5.82 Å². The molecule has 1 nitrogen and oxygen atoms in total. The fourth-order valence-electron chi connectivity index (χ4n) is 2.74. The van der Waals surface area contributed by atoms with Crippen molar-refractivity contribution in [2.75, 3.05) is 6.54 Å². The number of rotatable bonds is 10. The van der Waals surface area contributed by atoms with Crippen molar-refractivity contribution >= 4 is 0 Å². The molecule has 2 rings (SSSR count). The van der Waals surface area contributed by atoms with Crippen molar-refractivity contribution < 1.29 is 4.39 Å². The van der Waals surface area contributed by atoms with E-state index in [4.69, 9.17) is 0 Å². The molecule has 20 heavy (non-hydrogen) atoms. The van der Waals surface area contributed by atoms with E-state index in [1.807, 2.05) is 6.07 Å². The zero-order valence-corrected chi connectivity index (χ0v) is 12.7. The highest BCUT2D eigenvalue weighted by Crippen LogP contribution is 2.25. The van der Waals surface area contributed by atoms with Gasteiger partial charge in [0.25, 0.3) is 0 Å². The third-order valence-electron chi connectivity index (χ3n) is 4.21. The van der Waals surface area contributed by atoms with Crippen LogP contribution in [0.5, 0.6) is 0 Å². The zero-order chi connectivity index (χ0) is 14.2. The lowest BCUT2D eigenvalue weighted by Crippen LogP contribution is -2.23. The Bertz CT molecular complexity index is 387. The van der Waals surface area contributed by atoms with Gasteiger partial charge in [0, 0.05) is 12.6 Å². The lowest BCUT2D eigenvalue weighted by molar-refractivity contribution is 0.505. The summed E-state index contributed by atoms with van der Waals surface area (Å²) >= 11 is 0. The summed E-state index contributed by atoms with van der Waals surface area (Å²) in [6.45, 7) is 3.25. The molecule has 0 amide bonds. The topological polar surface area (TPSA) is 12.0 Å². The van der Waals surface area contributed by atoms with Gasteiger partial charge in [0.1, 0.15) is 5.82 Å². The molecule has 0 bridgehead atoms. The molecule has 1 aliphatic rings. The normalized spacial score (nSPS) is 16.3. The molecule has 1 fully saturated rings. The van der Waals surface area contributed by atoms with Crippen LogP contribution in [-0.2, 0) is 0 Å². The number of halogens is 1. The summed E-state index contributed by atoms with van der Waals surface area (Å²) in [5.41, 5.74) is 1.16. The Morgan fingerprint density at radius 1 is 1.20 bits per heavy atom. The van der Waals surface area contributed by atoms with Crippen LogP contribution in [-0.4, -0.2) is 12.6 Å². The first-order valence-electron chi connectivity index (χ1n) is 8.28. The van der Waals surface area contributed by atoms with E-state index in [2.05, 4.69) is 18.3 Å². The SMILES string of the molecule is CCCCCCCC(CNC1CC1)c1cccc(F)c1. The van der Waals surface area contributed by atoms with E-state index >= 15 is 0 Å². The Kier molecular flexibility index (Phi) is 6.52. The number of nitrogens with one attached hydrogen (secondary N) is 1. The molecule has 1 unspecified atom stereocenters. The average Bonchev–Trinajstić information content (AvgIpc) is 3.26. The predicted octanol–water partition coefficient (Wildman–Crippen LogP) is 5.02. The summed E-state index contributed by atoms with van der Waals surface area (Å²) in [5, 5.41) is 3.60. The van der Waals surface area contributed by atoms with Gasteiger partial charge < -0.3 is 5.32 Å². The van der Waals surface area contributed by atoms with Crippen LogP contribution in [0.15, 0.2) is 24.3 Å². The highest BCUT2D eigenvalue weighted by Gasteiger charge is 2.22. The first-order chi connectivity index (χ1) is 9.79. The molecule has 1 aromatic carbocycles. The molecule has 112 valence electrons. The quantitative estimate of drug-likeness (QED) is 0.592. The number of benzene rings is 1. The van der Waals surface area contributed by atoms with E-state index in [1.54, 1.807) is 6.07 Å². The van der Waals surface area contributed by atoms with Gasteiger partial charge in [-0.2, -0.15) is 0 Å². The molecule has 1 aromatic rings. The highest BCUT2D eigenvalue weighted by molar-refractivity contribution is 5.21. The lowest BCUT2D eigenvalue weighted by atomic mass is 9.92. The minimum Gasteiger partial charge on any atom is -0.313 e. The van der Waals surface area contributed by atoms with Crippen LogP contribution in [0.3, 0.4) is 0 Å². The molecule has 1 N–H and O–H groups in total. The molecular weight excluding hydrogens is 249 g/mol. The Morgan fingerprint density at radius 3 is 2.70 bits per heavy atom. The van der Waals surface area contributed by atoms with Gasteiger partial charge in [0.2, 0.25) is 0 Å². The van der Waals surface area contributed by atoms with E-state index < -0.39 is 0 Å². The summed E-state index contributed by atoms with van der Waals surface area (Å²) in [7, 11) is 0. The molecule has 2 heteroatoms. The first-order valence-corrected chi connectivity index (χ1v) is 8.28. The fourth-order valence-corrected chi connectivity index (χ4v) is 2.74. The van der Waals surface area contributed by atoms with Crippen LogP contribution < -0.4 is 5.32 Å². The standard InChI is InChI=1S/C18H28FN/c1-2-3-4-5-6-8-16(14-20-18-11-12-18)15-9-7-10-17(19)13-15/h7,9-10,13,16,18,20H,2-6,8,11-12,14H2,1H3. The lowest BCUT2D eigenvalue weighted by Gasteiger charge is -2.18. The largest absolute Gasteiger partial charge is 0.313 e. The van der Waals surface area contributed by atoms with E-state index in [0.29, 0.717) is 5.92 Å². The van der Waals surface area contributed by atoms with Gasteiger partial charge in [0.15, 0.2) is 0 Å². The van der Waals surface area contributed by atoms with Gasteiger partial charge in [-0.25, -0.2) is 4.39 Å². The van der Waals surface area contributed by atoms with E-state index in [0.717, 1.165) is 18.2 Å². The third kappa shape index (κ3) is 5.62. The maximum absolute atomic E-state index is 13.4. The van der Waals surface area contributed by atoms with Crippen LogP contribution in [0.1, 0.15) is 69.8 Å². The number of unbranched alkanes of at least 4 members (excludes halogenated alkanes) is 4. The van der Waals surface area contributed by atoms with E-state index in [9.17, 15) is 4.39 Å². The molecule has 0 saturated heterocycles. The van der Waals surface area contributed by atoms with Crippen LogP contribution in [0.4, 0.5) is 4.39 Å². The average molecular weight is 277 g/mol. The maximum Gasteiger partial charge on any atom is 0.123 e. The van der Waals surface area contributed by atoms with Crippen molar-refractivity contribution in [1.29, 1.82) is 0 Å². The summed E-state index contributed by atoms with van der Waals surface area (Å²) in [6, 6.07) is 7.90. The first kappa shape index (κ1) is 15.5. The van der Waals surface area contributed by atoms with Crippen LogP contribution >= 0.6 is 0 Å². The molecule has 0 spiro atoms. The molecule has 1 aliphatic carbocycles. The smallest absolute Gasteiger partial charge is 0.123 e. The third-order valence-corrected chi connectivity index (χ3v) is 4.21. The number of hydrogen-bond donors (Lipinski definition) is 1. The summed E-state index contributed by atoms with van der Waals surface area (Å²) in [6.07, 6.45) is 10.3.